The van der Waals surface area contributed by atoms with Crippen LogP contribution in [0.4, 0.5) is 5.69 Å². The van der Waals surface area contributed by atoms with E-state index in [1.54, 1.807) is 30.3 Å². The smallest absolute Gasteiger partial charge is 0.183 e. The zero-order chi connectivity index (χ0) is 21.5. The highest BCUT2D eigenvalue weighted by atomic mass is 32.2. The van der Waals surface area contributed by atoms with Crippen molar-refractivity contribution < 1.29 is 16.8 Å². The number of nitrogens with zero attached hydrogens (tertiary/aromatic N) is 2. The average molecular weight is 449 g/mol. The first-order valence-corrected chi connectivity index (χ1v) is 13.6. The topological polar surface area (TPSA) is 74.8 Å². The summed E-state index contributed by atoms with van der Waals surface area (Å²) in [5.41, 5.74) is 3.69. The molecular weight excluding hydrogens is 420 g/mol. The molecule has 0 N–H and O–H groups in total. The van der Waals surface area contributed by atoms with Crippen molar-refractivity contribution in [2.75, 3.05) is 42.6 Å². The second kappa shape index (κ2) is 7.98. The Kier molecular flexibility index (Phi) is 5.67. The monoisotopic (exact) mass is 448 g/mol. The van der Waals surface area contributed by atoms with Crippen LogP contribution in [0.25, 0.3) is 0 Å². The van der Waals surface area contributed by atoms with Crippen LogP contribution < -0.4 is 4.90 Å². The Morgan fingerprint density at radius 2 is 1.53 bits per heavy atom. The Balaban J connectivity index is 1.55. The third kappa shape index (κ3) is 4.00. The Bertz CT molecular complexity index is 1120. The molecule has 2 aliphatic rings. The first kappa shape index (κ1) is 21.3. The summed E-state index contributed by atoms with van der Waals surface area (Å²) in [6.45, 7) is 7.00. The van der Waals surface area contributed by atoms with E-state index < -0.39 is 31.0 Å². The van der Waals surface area contributed by atoms with Crippen molar-refractivity contribution in [1.29, 1.82) is 0 Å². The minimum Gasteiger partial charge on any atom is -0.369 e. The lowest BCUT2D eigenvalue weighted by molar-refractivity contribution is 0.201. The standard InChI is InChI=1S/C22H28N2O4S2/c1-17-7-6-10-20(18(17)2)23-11-13-24(14-12-23)21-15-29(25,26)16-22(21)30(27,28)19-8-4-3-5-9-19/h3-10,21-22H,11-16H2,1-2H3. The zero-order valence-electron chi connectivity index (χ0n) is 17.4. The summed E-state index contributed by atoms with van der Waals surface area (Å²) in [7, 11) is -7.12. The average Bonchev–Trinajstić information content (AvgIpc) is 3.07. The summed E-state index contributed by atoms with van der Waals surface area (Å²) >= 11 is 0. The molecule has 6 nitrogen and oxygen atoms in total. The molecule has 0 aliphatic carbocycles. The fourth-order valence-corrected chi connectivity index (χ4v) is 9.44. The SMILES string of the molecule is Cc1cccc(N2CCN(C3CS(=O)(=O)CC3S(=O)(=O)c3ccccc3)CC2)c1C. The van der Waals surface area contributed by atoms with E-state index >= 15 is 0 Å². The van der Waals surface area contributed by atoms with E-state index in [1.807, 2.05) is 0 Å². The Morgan fingerprint density at radius 1 is 0.867 bits per heavy atom. The number of aryl methyl sites for hydroxylation is 1. The van der Waals surface area contributed by atoms with Gasteiger partial charge in [-0.05, 0) is 43.2 Å². The highest BCUT2D eigenvalue weighted by Gasteiger charge is 2.48. The number of hydrogen-bond acceptors (Lipinski definition) is 6. The second-order valence-electron chi connectivity index (χ2n) is 8.28. The summed E-state index contributed by atoms with van der Waals surface area (Å²) in [6, 6.07) is 14.0. The van der Waals surface area contributed by atoms with Crippen LogP contribution in [-0.4, -0.2) is 70.7 Å². The molecule has 30 heavy (non-hydrogen) atoms. The first-order chi connectivity index (χ1) is 14.2. The lowest BCUT2D eigenvalue weighted by Crippen LogP contribution is -2.55. The number of anilines is 1. The van der Waals surface area contributed by atoms with Crippen LogP contribution >= 0.6 is 0 Å². The van der Waals surface area contributed by atoms with Gasteiger partial charge in [0.1, 0.15) is 0 Å². The molecule has 0 radical (unpaired) electrons. The van der Waals surface area contributed by atoms with Crippen molar-refractivity contribution in [1.82, 2.24) is 4.90 Å². The zero-order valence-corrected chi connectivity index (χ0v) is 19.0. The van der Waals surface area contributed by atoms with E-state index in [0.29, 0.717) is 13.1 Å². The second-order valence-corrected chi connectivity index (χ2v) is 12.6. The van der Waals surface area contributed by atoms with Crippen LogP contribution in [0.15, 0.2) is 53.4 Å². The Morgan fingerprint density at radius 3 is 2.20 bits per heavy atom. The molecule has 162 valence electrons. The van der Waals surface area contributed by atoms with Gasteiger partial charge in [-0.15, -0.1) is 0 Å². The molecule has 0 amide bonds. The first-order valence-electron chi connectivity index (χ1n) is 10.2. The minimum atomic E-state index is -3.72. The van der Waals surface area contributed by atoms with Crippen LogP contribution in [0, 0.1) is 13.8 Å². The summed E-state index contributed by atoms with van der Waals surface area (Å²) < 4.78 is 51.4. The van der Waals surface area contributed by atoms with E-state index in [-0.39, 0.29) is 16.4 Å². The van der Waals surface area contributed by atoms with Crippen LogP contribution in [-0.2, 0) is 19.7 Å². The van der Waals surface area contributed by atoms with E-state index in [0.717, 1.165) is 13.1 Å². The highest BCUT2D eigenvalue weighted by molar-refractivity contribution is 7.96. The molecule has 0 saturated carbocycles. The minimum absolute atomic E-state index is 0.0901. The van der Waals surface area contributed by atoms with Crippen LogP contribution in [0.2, 0.25) is 0 Å². The third-order valence-corrected chi connectivity index (χ3v) is 10.6. The maximum absolute atomic E-state index is 13.2. The molecule has 2 aromatic rings. The van der Waals surface area contributed by atoms with Gasteiger partial charge >= 0.3 is 0 Å². The number of piperazine rings is 1. The van der Waals surface area contributed by atoms with E-state index in [9.17, 15) is 16.8 Å². The normalized spacial score (nSPS) is 24.8. The lowest BCUT2D eigenvalue weighted by atomic mass is 10.1. The third-order valence-electron chi connectivity index (χ3n) is 6.44. The maximum atomic E-state index is 13.2. The molecular formula is C22H28N2O4S2. The number of sulfone groups is 2. The lowest BCUT2D eigenvalue weighted by Gasteiger charge is -2.40. The fourth-order valence-electron chi connectivity index (χ4n) is 4.59. The van der Waals surface area contributed by atoms with Gasteiger partial charge < -0.3 is 4.90 Å². The van der Waals surface area contributed by atoms with Crippen LogP contribution in [0.3, 0.4) is 0 Å². The van der Waals surface area contributed by atoms with Crippen molar-refractivity contribution in [2.24, 2.45) is 0 Å². The molecule has 0 aromatic heterocycles. The van der Waals surface area contributed by atoms with Gasteiger partial charge in [0, 0.05) is 37.9 Å². The molecule has 4 rings (SSSR count). The predicted octanol–water partition coefficient (Wildman–Crippen LogP) is 2.06. The molecule has 0 spiro atoms. The maximum Gasteiger partial charge on any atom is 0.183 e. The van der Waals surface area contributed by atoms with E-state index in [2.05, 4.69) is 41.8 Å². The van der Waals surface area contributed by atoms with Gasteiger partial charge in [0.15, 0.2) is 19.7 Å². The summed E-state index contributed by atoms with van der Waals surface area (Å²) in [6.07, 6.45) is 0. The molecule has 2 heterocycles. The van der Waals surface area contributed by atoms with Gasteiger partial charge in [-0.2, -0.15) is 0 Å². The van der Waals surface area contributed by atoms with Gasteiger partial charge in [0.25, 0.3) is 0 Å². The molecule has 2 saturated heterocycles. The van der Waals surface area contributed by atoms with Crippen LogP contribution in [0.5, 0.6) is 0 Å². The molecule has 8 heteroatoms. The van der Waals surface area contributed by atoms with E-state index in [4.69, 9.17) is 0 Å². The molecule has 2 atom stereocenters. The van der Waals surface area contributed by atoms with E-state index in [1.165, 1.54) is 16.8 Å². The van der Waals surface area contributed by atoms with Crippen molar-refractivity contribution in [3.63, 3.8) is 0 Å². The van der Waals surface area contributed by atoms with Crippen molar-refractivity contribution >= 4 is 25.4 Å². The van der Waals surface area contributed by atoms with Gasteiger partial charge in [-0.3, -0.25) is 4.90 Å². The quantitative estimate of drug-likeness (QED) is 0.713. The van der Waals surface area contributed by atoms with Crippen molar-refractivity contribution in [3.05, 3.63) is 59.7 Å². The Hall–Kier alpha value is -1.90. The summed E-state index contributed by atoms with van der Waals surface area (Å²) in [5.74, 6) is -0.390. The van der Waals surface area contributed by atoms with Gasteiger partial charge in [0.05, 0.1) is 21.7 Å². The molecule has 2 aromatic carbocycles. The summed E-state index contributed by atoms with van der Waals surface area (Å²) in [5, 5.41) is -0.919. The molecule has 2 unspecified atom stereocenters. The number of benzene rings is 2. The molecule has 0 bridgehead atoms. The van der Waals surface area contributed by atoms with Crippen molar-refractivity contribution in [2.45, 2.75) is 30.0 Å². The van der Waals surface area contributed by atoms with Crippen molar-refractivity contribution in [3.8, 4) is 0 Å². The molecule has 2 aliphatic heterocycles. The molecule has 2 fully saturated rings. The number of rotatable bonds is 4. The predicted molar refractivity (Wildman–Crippen MR) is 120 cm³/mol. The largest absolute Gasteiger partial charge is 0.369 e. The highest BCUT2D eigenvalue weighted by Crippen LogP contribution is 2.31. The Labute approximate surface area is 179 Å². The fraction of sp³-hybridized carbons (Fsp3) is 0.455. The van der Waals surface area contributed by atoms with Gasteiger partial charge in [-0.25, -0.2) is 16.8 Å². The summed E-state index contributed by atoms with van der Waals surface area (Å²) in [4.78, 5) is 4.58. The van der Waals surface area contributed by atoms with Gasteiger partial charge in [0.2, 0.25) is 0 Å². The number of hydrogen-bond donors (Lipinski definition) is 0. The van der Waals surface area contributed by atoms with Gasteiger partial charge in [-0.1, -0.05) is 30.3 Å². The van der Waals surface area contributed by atoms with Crippen LogP contribution in [0.1, 0.15) is 11.1 Å².